The van der Waals surface area contributed by atoms with Crippen LogP contribution in [0.5, 0.6) is 0 Å². The lowest BCUT2D eigenvalue weighted by Crippen LogP contribution is -2.33. The van der Waals surface area contributed by atoms with Crippen LogP contribution < -0.4 is 11.1 Å². The van der Waals surface area contributed by atoms with Crippen LogP contribution in [0.1, 0.15) is 32.9 Å². The Morgan fingerprint density at radius 3 is 2.83 bits per heavy atom. The van der Waals surface area contributed by atoms with Crippen LogP contribution in [0.3, 0.4) is 0 Å². The van der Waals surface area contributed by atoms with E-state index in [1.165, 1.54) is 0 Å². The molecule has 1 aromatic rings. The molecule has 0 radical (unpaired) electrons. The number of anilines is 1. The van der Waals surface area contributed by atoms with Crippen LogP contribution >= 0.6 is 0 Å². The van der Waals surface area contributed by atoms with Gasteiger partial charge in [-0.1, -0.05) is 25.9 Å². The lowest BCUT2D eigenvalue weighted by atomic mass is 9.88. The first kappa shape index (κ1) is 14.3. The number of nitrogens with one attached hydrogen (secondary N) is 1. The number of aromatic nitrogens is 2. The standard InChI is InChI=1S/C12H23N5O/c1-5-9-10(8-17(4)15-9)14-7-6-12(2,3)11(13)16-18/h8,14,18H,5-7H2,1-4H3,(H2,13,16). The molecule has 18 heavy (non-hydrogen) atoms. The van der Waals surface area contributed by atoms with Gasteiger partial charge in [-0.05, 0) is 12.8 Å². The molecule has 6 heteroatoms. The second kappa shape index (κ2) is 5.75. The summed E-state index contributed by atoms with van der Waals surface area (Å²) in [6.07, 6.45) is 3.64. The van der Waals surface area contributed by atoms with Gasteiger partial charge in [-0.3, -0.25) is 4.68 Å². The summed E-state index contributed by atoms with van der Waals surface area (Å²) in [7, 11) is 1.91. The van der Waals surface area contributed by atoms with Gasteiger partial charge in [0.25, 0.3) is 0 Å². The highest BCUT2D eigenvalue weighted by Crippen LogP contribution is 2.21. The summed E-state index contributed by atoms with van der Waals surface area (Å²) in [6.45, 7) is 6.73. The molecule has 1 rings (SSSR count). The number of aryl methyl sites for hydroxylation is 2. The van der Waals surface area contributed by atoms with E-state index >= 15 is 0 Å². The molecule has 0 amide bonds. The Kier molecular flexibility index (Phi) is 4.58. The van der Waals surface area contributed by atoms with Gasteiger partial charge in [-0.15, -0.1) is 0 Å². The molecule has 0 aliphatic carbocycles. The number of nitrogens with zero attached hydrogens (tertiary/aromatic N) is 3. The third kappa shape index (κ3) is 3.38. The van der Waals surface area contributed by atoms with Crippen molar-refractivity contribution in [2.24, 2.45) is 23.4 Å². The molecule has 0 atom stereocenters. The molecular weight excluding hydrogens is 230 g/mol. The number of oxime groups is 1. The Bertz CT molecular complexity index is 422. The molecule has 0 saturated heterocycles. The molecular formula is C12H23N5O. The number of hydrogen-bond acceptors (Lipinski definition) is 4. The predicted octanol–water partition coefficient (Wildman–Crippen LogP) is 1.56. The minimum absolute atomic E-state index is 0.256. The number of nitrogens with two attached hydrogens (primary N) is 1. The van der Waals surface area contributed by atoms with E-state index in [-0.39, 0.29) is 11.3 Å². The van der Waals surface area contributed by atoms with Crippen LogP contribution in [0, 0.1) is 5.41 Å². The van der Waals surface area contributed by atoms with Crippen molar-refractivity contribution in [2.75, 3.05) is 11.9 Å². The molecule has 0 fully saturated rings. The van der Waals surface area contributed by atoms with Crippen molar-refractivity contribution in [1.82, 2.24) is 9.78 Å². The summed E-state index contributed by atoms with van der Waals surface area (Å²) in [5, 5.41) is 19.5. The molecule has 0 aliphatic heterocycles. The highest BCUT2D eigenvalue weighted by molar-refractivity contribution is 5.85. The van der Waals surface area contributed by atoms with Gasteiger partial charge in [0.15, 0.2) is 0 Å². The zero-order valence-electron chi connectivity index (χ0n) is 11.6. The van der Waals surface area contributed by atoms with E-state index in [4.69, 9.17) is 10.9 Å². The van der Waals surface area contributed by atoms with E-state index < -0.39 is 0 Å². The molecule has 0 bridgehead atoms. The van der Waals surface area contributed by atoms with Crippen LogP contribution in [0.15, 0.2) is 11.4 Å². The van der Waals surface area contributed by atoms with Crippen molar-refractivity contribution in [1.29, 1.82) is 0 Å². The Morgan fingerprint density at radius 2 is 2.28 bits per heavy atom. The molecule has 0 unspecified atom stereocenters. The smallest absolute Gasteiger partial charge is 0.144 e. The second-order valence-electron chi connectivity index (χ2n) is 5.06. The fourth-order valence-electron chi connectivity index (χ4n) is 1.72. The van der Waals surface area contributed by atoms with Crippen molar-refractivity contribution >= 4 is 11.5 Å². The van der Waals surface area contributed by atoms with Crippen LogP contribution in [0.25, 0.3) is 0 Å². The molecule has 0 aliphatic rings. The maximum atomic E-state index is 8.70. The predicted molar refractivity (Wildman–Crippen MR) is 72.9 cm³/mol. The third-order valence-corrected chi connectivity index (χ3v) is 3.11. The van der Waals surface area contributed by atoms with Crippen molar-refractivity contribution in [3.63, 3.8) is 0 Å². The van der Waals surface area contributed by atoms with Gasteiger partial charge in [0, 0.05) is 25.2 Å². The number of rotatable bonds is 6. The topological polar surface area (TPSA) is 88.5 Å². The molecule has 0 aromatic carbocycles. The first-order valence-electron chi connectivity index (χ1n) is 6.15. The average molecular weight is 253 g/mol. The fourth-order valence-corrected chi connectivity index (χ4v) is 1.72. The Morgan fingerprint density at radius 1 is 1.61 bits per heavy atom. The van der Waals surface area contributed by atoms with Gasteiger partial charge in [0.1, 0.15) is 5.84 Å². The molecule has 102 valence electrons. The summed E-state index contributed by atoms with van der Waals surface area (Å²) in [5.41, 5.74) is 7.43. The number of hydrogen-bond donors (Lipinski definition) is 3. The van der Waals surface area contributed by atoms with Crippen molar-refractivity contribution < 1.29 is 5.21 Å². The first-order chi connectivity index (χ1) is 8.40. The lowest BCUT2D eigenvalue weighted by molar-refractivity contribution is 0.306. The highest BCUT2D eigenvalue weighted by Gasteiger charge is 2.23. The first-order valence-corrected chi connectivity index (χ1v) is 6.15. The van der Waals surface area contributed by atoms with E-state index in [9.17, 15) is 0 Å². The monoisotopic (exact) mass is 253 g/mol. The van der Waals surface area contributed by atoms with E-state index in [0.29, 0.717) is 0 Å². The van der Waals surface area contributed by atoms with E-state index in [1.807, 2.05) is 27.1 Å². The molecule has 1 aromatic heterocycles. The maximum absolute atomic E-state index is 8.70. The number of amidine groups is 1. The lowest BCUT2D eigenvalue weighted by Gasteiger charge is -2.22. The van der Waals surface area contributed by atoms with Crippen LogP contribution in [0.4, 0.5) is 5.69 Å². The molecule has 4 N–H and O–H groups in total. The zero-order valence-corrected chi connectivity index (χ0v) is 11.6. The summed E-state index contributed by atoms with van der Waals surface area (Å²) >= 11 is 0. The average Bonchev–Trinajstić information content (AvgIpc) is 2.68. The van der Waals surface area contributed by atoms with Crippen molar-refractivity contribution in [3.05, 3.63) is 11.9 Å². The van der Waals surface area contributed by atoms with E-state index in [1.54, 1.807) is 4.68 Å². The normalized spacial score (nSPS) is 12.8. The minimum Gasteiger partial charge on any atom is -0.409 e. The fraction of sp³-hybridized carbons (Fsp3) is 0.667. The molecule has 0 saturated carbocycles. The summed E-state index contributed by atoms with van der Waals surface area (Å²) in [4.78, 5) is 0. The van der Waals surface area contributed by atoms with Crippen molar-refractivity contribution in [2.45, 2.75) is 33.6 Å². The quantitative estimate of drug-likeness (QED) is 0.311. The Labute approximate surface area is 108 Å². The molecule has 1 heterocycles. The highest BCUT2D eigenvalue weighted by atomic mass is 16.4. The van der Waals surface area contributed by atoms with Crippen LogP contribution in [-0.4, -0.2) is 27.4 Å². The molecule has 0 spiro atoms. The van der Waals surface area contributed by atoms with Gasteiger partial charge in [0.05, 0.1) is 11.4 Å². The summed E-state index contributed by atoms with van der Waals surface area (Å²) in [6, 6.07) is 0. The Hall–Kier alpha value is -1.72. The van der Waals surface area contributed by atoms with Crippen molar-refractivity contribution in [3.8, 4) is 0 Å². The summed E-state index contributed by atoms with van der Waals surface area (Å²) < 4.78 is 1.80. The largest absolute Gasteiger partial charge is 0.409 e. The maximum Gasteiger partial charge on any atom is 0.144 e. The van der Waals surface area contributed by atoms with Gasteiger partial charge in [0.2, 0.25) is 0 Å². The van der Waals surface area contributed by atoms with Gasteiger partial charge in [-0.25, -0.2) is 0 Å². The zero-order chi connectivity index (χ0) is 13.8. The van der Waals surface area contributed by atoms with Gasteiger partial charge < -0.3 is 16.3 Å². The Balaban J connectivity index is 2.56. The van der Waals surface area contributed by atoms with Gasteiger partial charge >= 0.3 is 0 Å². The second-order valence-corrected chi connectivity index (χ2v) is 5.06. The molecule has 6 nitrogen and oxygen atoms in total. The van der Waals surface area contributed by atoms with Crippen LogP contribution in [0.2, 0.25) is 0 Å². The third-order valence-electron chi connectivity index (χ3n) is 3.11. The SMILES string of the molecule is CCc1nn(C)cc1NCCC(C)(C)/C(N)=N/O. The minimum atomic E-state index is -0.323. The van der Waals surface area contributed by atoms with E-state index in [2.05, 4.69) is 22.5 Å². The van der Waals surface area contributed by atoms with Gasteiger partial charge in [-0.2, -0.15) is 5.10 Å². The summed E-state index contributed by atoms with van der Waals surface area (Å²) in [5.74, 6) is 0.256. The van der Waals surface area contributed by atoms with Crippen LogP contribution in [-0.2, 0) is 13.5 Å². The van der Waals surface area contributed by atoms with E-state index in [0.717, 1.165) is 30.8 Å².